The maximum atomic E-state index is 13.1. The van der Waals surface area contributed by atoms with E-state index in [1.54, 1.807) is 25.6 Å². The fourth-order valence-electron chi connectivity index (χ4n) is 4.90. The zero-order chi connectivity index (χ0) is 21.0. The first-order valence-electron chi connectivity index (χ1n) is 10.9. The minimum Gasteiger partial charge on any atom is -0.450 e. The van der Waals surface area contributed by atoms with E-state index >= 15 is 0 Å². The summed E-state index contributed by atoms with van der Waals surface area (Å²) in [6.45, 7) is 3.06. The first-order valence-corrected chi connectivity index (χ1v) is 10.9. The number of aromatic nitrogens is 2. The SMILES string of the molecule is Cc1nn(C)c(C)c1C(=O)C(=O)OCC(=O)N(C1CCCCC1)C1CCCCC1. The Balaban J connectivity index is 1.65. The smallest absolute Gasteiger partial charge is 0.380 e. The van der Waals surface area contributed by atoms with Crippen LogP contribution in [0.15, 0.2) is 0 Å². The second-order valence-electron chi connectivity index (χ2n) is 8.46. The van der Waals surface area contributed by atoms with Gasteiger partial charge in [-0.25, -0.2) is 4.79 Å². The molecule has 2 aliphatic rings. The van der Waals surface area contributed by atoms with Crippen molar-refractivity contribution >= 4 is 17.7 Å². The Labute approximate surface area is 172 Å². The average molecular weight is 404 g/mol. The monoisotopic (exact) mass is 403 g/mol. The van der Waals surface area contributed by atoms with Crippen LogP contribution in [0, 0.1) is 13.8 Å². The van der Waals surface area contributed by atoms with E-state index in [0.29, 0.717) is 11.4 Å². The molecule has 0 N–H and O–H groups in total. The van der Waals surface area contributed by atoms with E-state index < -0.39 is 11.8 Å². The van der Waals surface area contributed by atoms with Crippen LogP contribution in [0.1, 0.15) is 86.0 Å². The molecule has 0 atom stereocenters. The van der Waals surface area contributed by atoms with E-state index in [9.17, 15) is 14.4 Å². The summed E-state index contributed by atoms with van der Waals surface area (Å²) in [6, 6.07) is 0.466. The third kappa shape index (κ3) is 4.87. The molecule has 0 radical (unpaired) electrons. The molecular formula is C22H33N3O4. The van der Waals surface area contributed by atoms with Crippen molar-refractivity contribution < 1.29 is 19.1 Å². The van der Waals surface area contributed by atoms with Crippen LogP contribution in [-0.2, 0) is 21.4 Å². The Kier molecular flexibility index (Phi) is 7.09. The van der Waals surface area contributed by atoms with E-state index in [4.69, 9.17) is 4.74 Å². The van der Waals surface area contributed by atoms with E-state index in [1.165, 1.54) is 12.8 Å². The third-order valence-corrected chi connectivity index (χ3v) is 6.47. The van der Waals surface area contributed by atoms with E-state index in [2.05, 4.69) is 5.10 Å². The summed E-state index contributed by atoms with van der Waals surface area (Å²) in [7, 11) is 1.72. The Hall–Kier alpha value is -2.18. The lowest BCUT2D eigenvalue weighted by Gasteiger charge is -2.41. The predicted octanol–water partition coefficient (Wildman–Crippen LogP) is 3.26. The molecule has 0 aliphatic heterocycles. The van der Waals surface area contributed by atoms with Crippen molar-refractivity contribution in [1.82, 2.24) is 14.7 Å². The van der Waals surface area contributed by atoms with Gasteiger partial charge in [-0.2, -0.15) is 5.10 Å². The maximum Gasteiger partial charge on any atom is 0.380 e. The fraction of sp³-hybridized carbons (Fsp3) is 0.727. The number of aryl methyl sites for hydroxylation is 2. The Morgan fingerprint density at radius 2 is 1.48 bits per heavy atom. The number of ether oxygens (including phenoxy) is 1. The van der Waals surface area contributed by atoms with Gasteiger partial charge in [0.25, 0.3) is 11.7 Å². The van der Waals surface area contributed by atoms with E-state index in [-0.39, 0.29) is 30.2 Å². The second kappa shape index (κ2) is 9.55. The molecule has 160 valence electrons. The number of hydrogen-bond acceptors (Lipinski definition) is 5. The van der Waals surface area contributed by atoms with Crippen molar-refractivity contribution in [3.8, 4) is 0 Å². The summed E-state index contributed by atoms with van der Waals surface area (Å²) in [4.78, 5) is 40.0. The molecule has 1 aromatic heterocycles. The highest BCUT2D eigenvalue weighted by Crippen LogP contribution is 2.30. The van der Waals surface area contributed by atoms with Crippen molar-refractivity contribution in [2.24, 2.45) is 7.05 Å². The highest BCUT2D eigenvalue weighted by atomic mass is 16.5. The minimum absolute atomic E-state index is 0.162. The topological polar surface area (TPSA) is 81.5 Å². The number of Topliss-reactive ketones (excluding diaryl/α,β-unsaturated/α-hetero) is 1. The summed E-state index contributed by atoms with van der Waals surface area (Å²) in [5, 5.41) is 4.17. The standard InChI is InChI=1S/C22H33N3O4/c1-15-20(16(2)24(3)23-15)21(27)22(28)29-14-19(26)25(17-10-6-4-7-11-17)18-12-8-5-9-13-18/h17-18H,4-14H2,1-3H3. The molecule has 2 saturated carbocycles. The van der Waals surface area contributed by atoms with Gasteiger partial charge in [0, 0.05) is 24.8 Å². The lowest BCUT2D eigenvalue weighted by molar-refractivity contribution is -0.152. The average Bonchev–Trinajstić information content (AvgIpc) is 2.99. The lowest BCUT2D eigenvalue weighted by Crippen LogP contribution is -2.50. The van der Waals surface area contributed by atoms with Gasteiger partial charge in [0.15, 0.2) is 6.61 Å². The highest BCUT2D eigenvalue weighted by molar-refractivity contribution is 6.41. The number of carbonyl (C=O) groups excluding carboxylic acids is 3. The molecule has 29 heavy (non-hydrogen) atoms. The van der Waals surface area contributed by atoms with Gasteiger partial charge in [-0.3, -0.25) is 14.3 Å². The summed E-state index contributed by atoms with van der Waals surface area (Å²) < 4.78 is 6.75. The zero-order valence-corrected chi connectivity index (χ0v) is 17.9. The van der Waals surface area contributed by atoms with Crippen molar-refractivity contribution in [2.45, 2.75) is 90.1 Å². The van der Waals surface area contributed by atoms with Gasteiger partial charge in [-0.05, 0) is 39.5 Å². The fourth-order valence-corrected chi connectivity index (χ4v) is 4.90. The summed E-state index contributed by atoms with van der Waals surface area (Å²) in [5.74, 6) is -1.88. The Morgan fingerprint density at radius 1 is 0.966 bits per heavy atom. The number of nitrogens with zero attached hydrogens (tertiary/aromatic N) is 3. The maximum absolute atomic E-state index is 13.1. The van der Waals surface area contributed by atoms with Gasteiger partial charge in [0.05, 0.1) is 11.3 Å². The van der Waals surface area contributed by atoms with Crippen LogP contribution in [0.5, 0.6) is 0 Å². The first kappa shape index (κ1) is 21.5. The van der Waals surface area contributed by atoms with Crippen molar-refractivity contribution in [2.75, 3.05) is 6.61 Å². The molecule has 7 nitrogen and oxygen atoms in total. The van der Waals surface area contributed by atoms with Gasteiger partial charge in [-0.15, -0.1) is 0 Å². The van der Waals surface area contributed by atoms with Gasteiger partial charge in [0.2, 0.25) is 0 Å². The van der Waals surface area contributed by atoms with Crippen LogP contribution in [0.4, 0.5) is 0 Å². The molecule has 0 spiro atoms. The zero-order valence-electron chi connectivity index (χ0n) is 17.9. The summed E-state index contributed by atoms with van der Waals surface area (Å²) >= 11 is 0. The molecule has 1 amide bonds. The molecule has 7 heteroatoms. The molecule has 0 unspecified atom stereocenters. The third-order valence-electron chi connectivity index (χ3n) is 6.47. The van der Waals surface area contributed by atoms with Crippen LogP contribution in [0.25, 0.3) is 0 Å². The normalized spacial score (nSPS) is 18.4. The summed E-state index contributed by atoms with van der Waals surface area (Å²) in [5.41, 5.74) is 1.37. The largest absolute Gasteiger partial charge is 0.450 e. The highest BCUT2D eigenvalue weighted by Gasteiger charge is 2.33. The number of hydrogen-bond donors (Lipinski definition) is 0. The number of ketones is 1. The molecule has 3 rings (SSSR count). The van der Waals surface area contributed by atoms with Crippen LogP contribution in [0.3, 0.4) is 0 Å². The van der Waals surface area contributed by atoms with Crippen LogP contribution in [0.2, 0.25) is 0 Å². The molecule has 0 aromatic carbocycles. The van der Waals surface area contributed by atoms with Gasteiger partial charge in [-0.1, -0.05) is 38.5 Å². The number of rotatable bonds is 6. The van der Waals surface area contributed by atoms with Gasteiger partial charge < -0.3 is 9.64 Å². The molecule has 1 aromatic rings. The number of carbonyl (C=O) groups is 3. The summed E-state index contributed by atoms with van der Waals surface area (Å²) in [6.07, 6.45) is 11.1. The van der Waals surface area contributed by atoms with Crippen LogP contribution in [-0.4, -0.2) is 51.0 Å². The Bertz CT molecular complexity index is 740. The number of esters is 1. The quantitative estimate of drug-likeness (QED) is 0.414. The van der Waals surface area contributed by atoms with E-state index in [1.807, 2.05) is 4.90 Å². The number of amides is 1. The van der Waals surface area contributed by atoms with Crippen molar-refractivity contribution in [1.29, 1.82) is 0 Å². The molecule has 1 heterocycles. The molecular weight excluding hydrogens is 370 g/mol. The minimum atomic E-state index is -0.982. The Morgan fingerprint density at radius 3 is 1.93 bits per heavy atom. The van der Waals surface area contributed by atoms with Gasteiger partial charge >= 0.3 is 5.97 Å². The molecule has 0 bridgehead atoms. The van der Waals surface area contributed by atoms with E-state index in [0.717, 1.165) is 51.4 Å². The molecule has 2 fully saturated rings. The van der Waals surface area contributed by atoms with Gasteiger partial charge in [0.1, 0.15) is 0 Å². The van der Waals surface area contributed by atoms with Crippen molar-refractivity contribution in [3.63, 3.8) is 0 Å². The second-order valence-corrected chi connectivity index (χ2v) is 8.46. The molecule has 0 saturated heterocycles. The van der Waals surface area contributed by atoms with Crippen molar-refractivity contribution in [3.05, 3.63) is 17.0 Å². The van der Waals surface area contributed by atoms with Crippen LogP contribution < -0.4 is 0 Å². The molecule has 2 aliphatic carbocycles. The predicted molar refractivity (Wildman–Crippen MR) is 109 cm³/mol. The lowest BCUT2D eigenvalue weighted by atomic mass is 9.88. The van der Waals surface area contributed by atoms with Crippen LogP contribution >= 0.6 is 0 Å². The first-order chi connectivity index (χ1) is 13.9.